The van der Waals surface area contributed by atoms with E-state index in [0.717, 1.165) is 10.0 Å². The van der Waals surface area contributed by atoms with Gasteiger partial charge < -0.3 is 14.8 Å². The second kappa shape index (κ2) is 8.31. The second-order valence-corrected chi connectivity index (χ2v) is 5.67. The Morgan fingerprint density at radius 2 is 1.71 bits per heavy atom. The van der Waals surface area contributed by atoms with Crippen LogP contribution in [-0.2, 0) is 9.53 Å². The Kier molecular flexibility index (Phi) is 6.14. The normalized spacial score (nSPS) is 10.9. The van der Waals surface area contributed by atoms with E-state index in [4.69, 9.17) is 9.47 Å². The van der Waals surface area contributed by atoms with Gasteiger partial charge >= 0.3 is 5.97 Å². The van der Waals surface area contributed by atoms with Gasteiger partial charge in [0.05, 0.1) is 19.8 Å². The molecule has 0 atom stereocenters. The Balaban J connectivity index is 2.30. The molecule has 124 valence electrons. The highest BCUT2D eigenvalue weighted by Crippen LogP contribution is 2.18. The maximum atomic E-state index is 12.5. The van der Waals surface area contributed by atoms with Crippen LogP contribution in [0, 0.1) is 0 Å². The first-order valence-electron chi connectivity index (χ1n) is 7.05. The molecule has 2 aromatic carbocycles. The summed E-state index contributed by atoms with van der Waals surface area (Å²) in [6, 6.07) is 14.0. The van der Waals surface area contributed by atoms with Gasteiger partial charge in [-0.3, -0.25) is 4.79 Å². The lowest BCUT2D eigenvalue weighted by molar-refractivity contribution is -0.136. The Hall–Kier alpha value is -2.60. The van der Waals surface area contributed by atoms with Crippen molar-refractivity contribution in [2.24, 2.45) is 0 Å². The van der Waals surface area contributed by atoms with Crippen LogP contribution in [0.2, 0.25) is 0 Å². The van der Waals surface area contributed by atoms with E-state index in [1.54, 1.807) is 30.3 Å². The van der Waals surface area contributed by atoms with Crippen LogP contribution in [0.4, 0.5) is 0 Å². The van der Waals surface area contributed by atoms with Crippen LogP contribution in [0.25, 0.3) is 6.08 Å². The summed E-state index contributed by atoms with van der Waals surface area (Å²) in [6.45, 7) is 0. The second-order valence-electron chi connectivity index (χ2n) is 4.76. The number of carbonyl (C=O) groups is 2. The lowest BCUT2D eigenvalue weighted by atomic mass is 10.1. The summed E-state index contributed by atoms with van der Waals surface area (Å²) >= 11 is 3.35. The van der Waals surface area contributed by atoms with Gasteiger partial charge in [-0.1, -0.05) is 40.2 Å². The molecular weight excluding hydrogens is 374 g/mol. The molecule has 0 aromatic heterocycles. The zero-order valence-corrected chi connectivity index (χ0v) is 14.8. The average molecular weight is 390 g/mol. The molecule has 2 rings (SSSR count). The Morgan fingerprint density at radius 3 is 2.33 bits per heavy atom. The maximum Gasteiger partial charge on any atom is 0.354 e. The number of methoxy groups -OCH3 is 2. The largest absolute Gasteiger partial charge is 0.496 e. The molecule has 5 nitrogen and oxygen atoms in total. The fourth-order valence-corrected chi connectivity index (χ4v) is 2.27. The van der Waals surface area contributed by atoms with Gasteiger partial charge in [-0.05, 0) is 35.9 Å². The highest BCUT2D eigenvalue weighted by molar-refractivity contribution is 9.10. The molecule has 0 bridgehead atoms. The summed E-state index contributed by atoms with van der Waals surface area (Å²) in [7, 11) is 2.73. The summed E-state index contributed by atoms with van der Waals surface area (Å²) in [4.78, 5) is 24.4. The first-order chi connectivity index (χ1) is 11.5. The minimum absolute atomic E-state index is 0.0377. The van der Waals surface area contributed by atoms with Crippen molar-refractivity contribution in [2.45, 2.75) is 0 Å². The third kappa shape index (κ3) is 4.45. The SMILES string of the molecule is COC(=O)/C(=C\c1ccc(Br)cc1)NC(=O)c1ccccc1OC. The summed E-state index contributed by atoms with van der Waals surface area (Å²) in [5.74, 6) is -0.676. The molecule has 1 N–H and O–H groups in total. The van der Waals surface area contributed by atoms with Gasteiger partial charge in [-0.2, -0.15) is 0 Å². The Morgan fingerprint density at radius 1 is 1.04 bits per heavy atom. The molecule has 0 aliphatic carbocycles. The van der Waals surface area contributed by atoms with Crippen molar-refractivity contribution in [3.63, 3.8) is 0 Å². The number of hydrogen-bond donors (Lipinski definition) is 1. The number of amides is 1. The number of ether oxygens (including phenoxy) is 2. The quantitative estimate of drug-likeness (QED) is 0.628. The lowest BCUT2D eigenvalue weighted by Crippen LogP contribution is -2.28. The van der Waals surface area contributed by atoms with Crippen LogP contribution < -0.4 is 10.1 Å². The molecule has 24 heavy (non-hydrogen) atoms. The molecule has 0 unspecified atom stereocenters. The molecule has 0 spiro atoms. The molecule has 1 amide bonds. The van der Waals surface area contributed by atoms with E-state index in [-0.39, 0.29) is 5.70 Å². The van der Waals surface area contributed by atoms with Crippen molar-refractivity contribution in [3.05, 3.63) is 69.8 Å². The zero-order chi connectivity index (χ0) is 17.5. The summed E-state index contributed by atoms with van der Waals surface area (Å²) < 4.78 is 10.8. The number of carbonyl (C=O) groups excluding carboxylic acids is 2. The lowest BCUT2D eigenvalue weighted by Gasteiger charge is -2.11. The predicted octanol–water partition coefficient (Wildman–Crippen LogP) is 3.40. The number of hydrogen-bond acceptors (Lipinski definition) is 4. The Bertz CT molecular complexity index is 769. The molecule has 0 radical (unpaired) electrons. The van der Waals surface area contributed by atoms with E-state index in [9.17, 15) is 9.59 Å². The number of benzene rings is 2. The minimum atomic E-state index is -0.638. The van der Waals surface area contributed by atoms with E-state index >= 15 is 0 Å². The van der Waals surface area contributed by atoms with Gasteiger partial charge in [0, 0.05) is 4.47 Å². The maximum absolute atomic E-state index is 12.5. The van der Waals surface area contributed by atoms with Gasteiger partial charge in [0.1, 0.15) is 11.4 Å². The number of rotatable bonds is 5. The van der Waals surface area contributed by atoms with Crippen LogP contribution >= 0.6 is 15.9 Å². The van der Waals surface area contributed by atoms with Crippen LogP contribution in [-0.4, -0.2) is 26.1 Å². The number of para-hydroxylation sites is 1. The summed E-state index contributed by atoms with van der Waals surface area (Å²) in [5, 5.41) is 2.58. The van der Waals surface area contributed by atoms with E-state index in [0.29, 0.717) is 11.3 Å². The van der Waals surface area contributed by atoms with Crippen LogP contribution in [0.1, 0.15) is 15.9 Å². The summed E-state index contributed by atoms with van der Waals surface area (Å²) in [6.07, 6.45) is 1.55. The van der Waals surface area contributed by atoms with Gasteiger partial charge in [0.2, 0.25) is 0 Å². The smallest absolute Gasteiger partial charge is 0.354 e. The standard InChI is InChI=1S/C18H16BrNO4/c1-23-16-6-4-3-5-14(16)17(21)20-15(18(22)24-2)11-12-7-9-13(19)10-8-12/h3-11H,1-2H3,(H,20,21)/b15-11+. The van der Waals surface area contributed by atoms with Crippen LogP contribution in [0.5, 0.6) is 5.75 Å². The van der Waals surface area contributed by atoms with Crippen LogP contribution in [0.15, 0.2) is 58.7 Å². The van der Waals surface area contributed by atoms with Crippen molar-refractivity contribution in [2.75, 3.05) is 14.2 Å². The van der Waals surface area contributed by atoms with Crippen molar-refractivity contribution in [1.29, 1.82) is 0 Å². The number of halogens is 1. The van der Waals surface area contributed by atoms with E-state index < -0.39 is 11.9 Å². The van der Waals surface area contributed by atoms with Gasteiger partial charge in [0.15, 0.2) is 0 Å². The molecule has 2 aromatic rings. The summed E-state index contributed by atoms with van der Waals surface area (Å²) in [5.41, 5.74) is 1.11. The topological polar surface area (TPSA) is 64.6 Å². The zero-order valence-electron chi connectivity index (χ0n) is 13.2. The third-order valence-corrected chi connectivity index (χ3v) is 3.71. The monoisotopic (exact) mass is 389 g/mol. The molecule has 0 saturated carbocycles. The minimum Gasteiger partial charge on any atom is -0.496 e. The van der Waals surface area contributed by atoms with Gasteiger partial charge in [0.25, 0.3) is 5.91 Å². The molecule has 0 aliphatic rings. The van der Waals surface area contributed by atoms with Crippen molar-refractivity contribution in [3.8, 4) is 5.75 Å². The molecule has 6 heteroatoms. The van der Waals surface area contributed by atoms with Crippen molar-refractivity contribution >= 4 is 33.9 Å². The van der Waals surface area contributed by atoms with Crippen molar-refractivity contribution < 1.29 is 19.1 Å². The Labute approximate surface area is 148 Å². The molecular formula is C18H16BrNO4. The molecule has 0 heterocycles. The first-order valence-corrected chi connectivity index (χ1v) is 7.84. The third-order valence-electron chi connectivity index (χ3n) is 3.19. The van der Waals surface area contributed by atoms with E-state index in [1.807, 2.05) is 24.3 Å². The number of esters is 1. The molecule has 0 fully saturated rings. The van der Waals surface area contributed by atoms with E-state index in [2.05, 4.69) is 21.2 Å². The van der Waals surface area contributed by atoms with Gasteiger partial charge in [-0.15, -0.1) is 0 Å². The highest BCUT2D eigenvalue weighted by Gasteiger charge is 2.17. The molecule has 0 aliphatic heterocycles. The fraction of sp³-hybridized carbons (Fsp3) is 0.111. The van der Waals surface area contributed by atoms with E-state index in [1.165, 1.54) is 14.2 Å². The predicted molar refractivity (Wildman–Crippen MR) is 94.6 cm³/mol. The highest BCUT2D eigenvalue weighted by atomic mass is 79.9. The van der Waals surface area contributed by atoms with Gasteiger partial charge in [-0.25, -0.2) is 4.79 Å². The molecule has 0 saturated heterocycles. The number of nitrogens with one attached hydrogen (secondary N) is 1. The fourth-order valence-electron chi connectivity index (χ4n) is 2.00. The first kappa shape index (κ1) is 17.7. The van der Waals surface area contributed by atoms with Crippen LogP contribution in [0.3, 0.4) is 0 Å². The average Bonchev–Trinajstić information content (AvgIpc) is 2.62. The van der Waals surface area contributed by atoms with Crippen molar-refractivity contribution in [1.82, 2.24) is 5.32 Å².